The van der Waals surface area contributed by atoms with Crippen LogP contribution in [-0.4, -0.2) is 28.1 Å². The molecule has 6 heteroatoms. The fourth-order valence-corrected chi connectivity index (χ4v) is 1.45. The topological polar surface area (TPSA) is 94.0 Å². The number of pyridine rings is 1. The minimum atomic E-state index is -0.482. The summed E-state index contributed by atoms with van der Waals surface area (Å²) < 4.78 is 5.14. The highest BCUT2D eigenvalue weighted by Gasteiger charge is 2.21. The smallest absolute Gasteiger partial charge is 0.273 e. The first-order chi connectivity index (χ1) is 9.02. The Bertz CT molecular complexity index is 563. The molecule has 0 atom stereocenters. The second-order valence-corrected chi connectivity index (χ2v) is 4.86. The normalized spacial score (nSPS) is 11.3. The third-order valence-electron chi connectivity index (χ3n) is 2.65. The largest absolute Gasteiger partial charge is 0.355 e. The number of nitrogens with zero attached hydrogens (tertiary/aromatic N) is 2. The maximum atomic E-state index is 12.0. The highest BCUT2D eigenvalue weighted by molar-refractivity contribution is 5.93. The third-order valence-corrected chi connectivity index (χ3v) is 2.65. The fraction of sp³-hybridized carbons (Fsp3) is 0.308. The van der Waals surface area contributed by atoms with E-state index in [4.69, 9.17) is 10.3 Å². The van der Waals surface area contributed by atoms with Crippen LogP contribution < -0.4 is 11.1 Å². The summed E-state index contributed by atoms with van der Waals surface area (Å²) in [5.74, 6) is 0.193. The molecule has 1 amide bonds. The molecular formula is C13H16N4O2. The maximum absolute atomic E-state index is 12.0. The van der Waals surface area contributed by atoms with Gasteiger partial charge in [-0.05, 0) is 26.0 Å². The summed E-state index contributed by atoms with van der Waals surface area (Å²) >= 11 is 0. The van der Waals surface area contributed by atoms with E-state index in [0.717, 1.165) is 5.56 Å². The zero-order valence-corrected chi connectivity index (χ0v) is 10.9. The molecule has 19 heavy (non-hydrogen) atoms. The van der Waals surface area contributed by atoms with Crippen molar-refractivity contribution < 1.29 is 9.32 Å². The Morgan fingerprint density at radius 3 is 2.95 bits per heavy atom. The van der Waals surface area contributed by atoms with Crippen LogP contribution in [0.15, 0.2) is 35.1 Å². The molecule has 0 aliphatic heterocycles. The molecule has 0 aromatic carbocycles. The van der Waals surface area contributed by atoms with Crippen molar-refractivity contribution in [2.24, 2.45) is 5.73 Å². The number of carbonyl (C=O) groups is 1. The first kappa shape index (κ1) is 13.2. The molecule has 0 unspecified atom stereocenters. The van der Waals surface area contributed by atoms with E-state index < -0.39 is 5.54 Å². The van der Waals surface area contributed by atoms with Crippen LogP contribution in [-0.2, 0) is 0 Å². The molecule has 0 saturated heterocycles. The van der Waals surface area contributed by atoms with E-state index in [9.17, 15) is 4.79 Å². The molecule has 3 N–H and O–H groups in total. The Balaban J connectivity index is 2.16. The van der Waals surface area contributed by atoms with Gasteiger partial charge in [0.2, 0.25) is 0 Å². The Morgan fingerprint density at radius 1 is 1.53 bits per heavy atom. The number of rotatable bonds is 4. The molecule has 2 rings (SSSR count). The van der Waals surface area contributed by atoms with Crippen molar-refractivity contribution in [3.05, 3.63) is 36.3 Å². The highest BCUT2D eigenvalue weighted by Crippen LogP contribution is 2.19. The van der Waals surface area contributed by atoms with E-state index in [-0.39, 0.29) is 11.6 Å². The van der Waals surface area contributed by atoms with Gasteiger partial charge >= 0.3 is 0 Å². The van der Waals surface area contributed by atoms with E-state index >= 15 is 0 Å². The standard InChI is InChI=1S/C13H16N4O2/c1-13(2,8-14)16-12(18)10-6-11(19-17-10)9-4-3-5-15-7-9/h3-7H,8,14H2,1-2H3,(H,16,18). The Hall–Kier alpha value is -2.21. The molecule has 2 aromatic rings. The number of nitrogens with one attached hydrogen (secondary N) is 1. The van der Waals surface area contributed by atoms with Gasteiger partial charge in [-0.3, -0.25) is 9.78 Å². The molecule has 100 valence electrons. The van der Waals surface area contributed by atoms with Crippen molar-refractivity contribution in [3.8, 4) is 11.3 Å². The number of nitrogens with two attached hydrogens (primary N) is 1. The Labute approximate surface area is 111 Å². The fourth-order valence-electron chi connectivity index (χ4n) is 1.45. The van der Waals surface area contributed by atoms with Crippen LogP contribution in [0.25, 0.3) is 11.3 Å². The summed E-state index contributed by atoms with van der Waals surface area (Å²) in [6.45, 7) is 4.02. The summed E-state index contributed by atoms with van der Waals surface area (Å²) in [7, 11) is 0. The number of carbonyl (C=O) groups excluding carboxylic acids is 1. The zero-order valence-electron chi connectivity index (χ0n) is 10.9. The number of hydrogen-bond acceptors (Lipinski definition) is 5. The minimum absolute atomic E-state index is 0.223. The molecule has 2 aromatic heterocycles. The van der Waals surface area contributed by atoms with Crippen LogP contribution in [0, 0.1) is 0 Å². The monoisotopic (exact) mass is 260 g/mol. The maximum Gasteiger partial charge on any atom is 0.273 e. The van der Waals surface area contributed by atoms with Crippen molar-refractivity contribution >= 4 is 5.91 Å². The third kappa shape index (κ3) is 3.17. The lowest BCUT2D eigenvalue weighted by Gasteiger charge is -2.23. The van der Waals surface area contributed by atoms with E-state index in [0.29, 0.717) is 12.3 Å². The molecule has 6 nitrogen and oxygen atoms in total. The average molecular weight is 260 g/mol. The lowest BCUT2D eigenvalue weighted by Crippen LogP contribution is -2.48. The highest BCUT2D eigenvalue weighted by atomic mass is 16.5. The predicted octanol–water partition coefficient (Wildman–Crippen LogP) is 1.20. The first-order valence-corrected chi connectivity index (χ1v) is 5.91. The summed E-state index contributed by atoms with van der Waals surface area (Å²) in [5, 5.41) is 6.54. The van der Waals surface area contributed by atoms with Crippen LogP contribution in [0.4, 0.5) is 0 Å². The molecule has 0 radical (unpaired) electrons. The van der Waals surface area contributed by atoms with Crippen LogP contribution in [0.2, 0.25) is 0 Å². The molecule has 0 bridgehead atoms. The van der Waals surface area contributed by atoms with Crippen LogP contribution in [0.3, 0.4) is 0 Å². The van der Waals surface area contributed by atoms with Crippen LogP contribution in [0.1, 0.15) is 24.3 Å². The molecule has 0 aliphatic rings. The van der Waals surface area contributed by atoms with Crippen molar-refractivity contribution in [1.29, 1.82) is 0 Å². The van der Waals surface area contributed by atoms with Crippen LogP contribution in [0.5, 0.6) is 0 Å². The molecule has 0 saturated carbocycles. The SMILES string of the molecule is CC(C)(CN)NC(=O)c1cc(-c2cccnc2)on1. The Kier molecular flexibility index (Phi) is 3.62. The van der Waals surface area contributed by atoms with Gasteiger partial charge in [0.05, 0.1) is 0 Å². The number of aromatic nitrogens is 2. The van der Waals surface area contributed by atoms with Gasteiger partial charge in [0.25, 0.3) is 5.91 Å². The Morgan fingerprint density at radius 2 is 2.32 bits per heavy atom. The summed E-state index contributed by atoms with van der Waals surface area (Å²) in [5.41, 5.74) is 6.07. The lowest BCUT2D eigenvalue weighted by molar-refractivity contribution is 0.0906. The van der Waals surface area contributed by atoms with E-state index in [1.807, 2.05) is 19.9 Å². The second kappa shape index (κ2) is 5.19. The van der Waals surface area contributed by atoms with Crippen molar-refractivity contribution in [2.75, 3.05) is 6.54 Å². The predicted molar refractivity (Wildman–Crippen MR) is 70.3 cm³/mol. The van der Waals surface area contributed by atoms with E-state index in [1.165, 1.54) is 0 Å². The second-order valence-electron chi connectivity index (χ2n) is 4.86. The van der Waals surface area contributed by atoms with Gasteiger partial charge in [0.1, 0.15) is 0 Å². The molecule has 0 spiro atoms. The first-order valence-electron chi connectivity index (χ1n) is 5.91. The minimum Gasteiger partial charge on any atom is -0.355 e. The van der Waals surface area contributed by atoms with E-state index in [1.54, 1.807) is 24.5 Å². The molecular weight excluding hydrogens is 244 g/mol. The number of hydrogen-bond donors (Lipinski definition) is 2. The summed E-state index contributed by atoms with van der Waals surface area (Å²) in [6.07, 6.45) is 3.31. The van der Waals surface area contributed by atoms with E-state index in [2.05, 4.69) is 15.5 Å². The average Bonchev–Trinajstić information content (AvgIpc) is 2.89. The van der Waals surface area contributed by atoms with Gasteiger partial charge < -0.3 is 15.6 Å². The van der Waals surface area contributed by atoms with Gasteiger partial charge in [-0.25, -0.2) is 0 Å². The van der Waals surface area contributed by atoms with Crippen LogP contribution >= 0.6 is 0 Å². The summed E-state index contributed by atoms with van der Waals surface area (Å²) in [4.78, 5) is 15.9. The van der Waals surface area contributed by atoms with Gasteiger partial charge in [0.15, 0.2) is 11.5 Å². The van der Waals surface area contributed by atoms with Gasteiger partial charge in [-0.2, -0.15) is 0 Å². The molecule has 0 aliphatic carbocycles. The van der Waals surface area contributed by atoms with Crippen molar-refractivity contribution in [3.63, 3.8) is 0 Å². The number of amides is 1. The zero-order chi connectivity index (χ0) is 13.9. The molecule has 2 heterocycles. The quantitative estimate of drug-likeness (QED) is 0.861. The van der Waals surface area contributed by atoms with Crippen molar-refractivity contribution in [1.82, 2.24) is 15.5 Å². The summed E-state index contributed by atoms with van der Waals surface area (Å²) in [6, 6.07) is 5.20. The lowest BCUT2D eigenvalue weighted by atomic mass is 10.1. The van der Waals surface area contributed by atoms with Gasteiger partial charge in [-0.15, -0.1) is 0 Å². The van der Waals surface area contributed by atoms with Gasteiger partial charge in [-0.1, -0.05) is 5.16 Å². The molecule has 0 fully saturated rings. The van der Waals surface area contributed by atoms with Crippen molar-refractivity contribution in [2.45, 2.75) is 19.4 Å². The van der Waals surface area contributed by atoms with Gasteiger partial charge in [0, 0.05) is 36.1 Å².